The fourth-order valence-electron chi connectivity index (χ4n) is 3.38. The quantitative estimate of drug-likeness (QED) is 0.470. The fourth-order valence-corrected chi connectivity index (χ4v) is 3.38. The van der Waals surface area contributed by atoms with E-state index in [0.29, 0.717) is 5.58 Å². The number of aromatic amines is 1. The van der Waals surface area contributed by atoms with Crippen LogP contribution in [-0.2, 0) is 6.18 Å². The molecule has 5 rings (SSSR count). The number of aromatic nitrogens is 5. The van der Waals surface area contributed by atoms with Gasteiger partial charge in [-0.15, -0.1) is 0 Å². The van der Waals surface area contributed by atoms with Crippen molar-refractivity contribution < 1.29 is 17.6 Å². The number of hydrogen-bond donors (Lipinski definition) is 1. The smallest absolute Gasteiger partial charge is 0.433 e. The van der Waals surface area contributed by atoms with Gasteiger partial charge in [-0.3, -0.25) is 9.89 Å². The van der Waals surface area contributed by atoms with E-state index in [-0.39, 0.29) is 39.6 Å². The highest BCUT2D eigenvalue weighted by Crippen LogP contribution is 2.38. The lowest BCUT2D eigenvalue weighted by Gasteiger charge is -2.07. The third kappa shape index (κ3) is 2.68. The molecule has 0 unspecified atom stereocenters. The minimum Gasteiger partial charge on any atom is -0.434 e. The third-order valence-electron chi connectivity index (χ3n) is 4.69. The number of hydrogen-bond acceptors (Lipinski definition) is 5. The molecular weight excluding hydrogens is 399 g/mol. The number of pyridine rings is 1. The number of alkyl halides is 3. The summed E-state index contributed by atoms with van der Waals surface area (Å²) in [6.07, 6.45) is -3.20. The lowest BCUT2D eigenvalue weighted by atomic mass is 10.1. The fraction of sp³-hybridized carbons (Fsp3) is 0.100. The number of aryl methyl sites for hydroxylation is 1. The van der Waals surface area contributed by atoms with Gasteiger partial charge in [0.05, 0.1) is 11.3 Å². The van der Waals surface area contributed by atoms with Crippen molar-refractivity contribution in [3.8, 4) is 22.6 Å². The molecule has 1 aromatic carbocycles. The highest BCUT2D eigenvalue weighted by Gasteiger charge is 2.38. The molecule has 0 saturated carbocycles. The Balaban J connectivity index is 1.84. The first kappa shape index (κ1) is 18.1. The number of halogens is 3. The third-order valence-corrected chi connectivity index (χ3v) is 4.69. The maximum absolute atomic E-state index is 13.8. The summed E-state index contributed by atoms with van der Waals surface area (Å²) in [5, 5.41) is 2.17. The van der Waals surface area contributed by atoms with Gasteiger partial charge < -0.3 is 4.42 Å². The van der Waals surface area contributed by atoms with E-state index in [9.17, 15) is 18.0 Å². The van der Waals surface area contributed by atoms with Crippen LogP contribution in [0.25, 0.3) is 39.5 Å². The Hall–Kier alpha value is -3.95. The molecule has 4 aromatic heterocycles. The highest BCUT2D eigenvalue weighted by atomic mass is 19.4. The lowest BCUT2D eigenvalue weighted by Crippen LogP contribution is -2.20. The normalized spacial score (nSPS) is 12.1. The number of fused-ring (bicyclic) bond motifs is 2. The van der Waals surface area contributed by atoms with Crippen LogP contribution >= 0.6 is 0 Å². The molecule has 4 heterocycles. The number of rotatable bonds is 2. The van der Waals surface area contributed by atoms with Gasteiger partial charge in [-0.25, -0.2) is 9.97 Å². The van der Waals surface area contributed by atoms with Crippen molar-refractivity contribution in [1.29, 1.82) is 0 Å². The van der Waals surface area contributed by atoms with Crippen LogP contribution in [0.3, 0.4) is 0 Å². The van der Waals surface area contributed by atoms with E-state index in [1.54, 1.807) is 30.3 Å². The summed E-state index contributed by atoms with van der Waals surface area (Å²) in [6, 6.07) is 11.2. The summed E-state index contributed by atoms with van der Waals surface area (Å²) in [5.74, 6) is -0.0579. The van der Waals surface area contributed by atoms with Gasteiger partial charge in [0, 0.05) is 6.20 Å². The van der Waals surface area contributed by atoms with Crippen LogP contribution in [0.15, 0.2) is 57.9 Å². The maximum atomic E-state index is 13.8. The van der Waals surface area contributed by atoms with Gasteiger partial charge in [-0.05, 0) is 24.6 Å². The first-order chi connectivity index (χ1) is 14.3. The van der Waals surface area contributed by atoms with Gasteiger partial charge in [-0.2, -0.15) is 22.7 Å². The number of nitrogens with one attached hydrogen (secondary N) is 1. The summed E-state index contributed by atoms with van der Waals surface area (Å²) < 4.78 is 47.6. The van der Waals surface area contributed by atoms with E-state index in [1.807, 2.05) is 0 Å². The number of nitrogens with zero attached hydrogens (tertiary/aromatic N) is 4. The van der Waals surface area contributed by atoms with Crippen molar-refractivity contribution in [2.45, 2.75) is 13.1 Å². The van der Waals surface area contributed by atoms with Crippen LogP contribution in [0, 0.1) is 6.92 Å². The van der Waals surface area contributed by atoms with Crippen LogP contribution in [0.4, 0.5) is 13.2 Å². The second kappa shape index (κ2) is 6.28. The molecule has 0 aliphatic rings. The average Bonchev–Trinajstić information content (AvgIpc) is 3.30. The Morgan fingerprint density at radius 1 is 1.03 bits per heavy atom. The predicted molar refractivity (Wildman–Crippen MR) is 102 cm³/mol. The number of H-pyrrole nitrogens is 1. The summed E-state index contributed by atoms with van der Waals surface area (Å²) in [5.41, 5.74) is -1.08. The van der Waals surface area contributed by atoms with Crippen molar-refractivity contribution in [1.82, 2.24) is 24.6 Å². The maximum Gasteiger partial charge on any atom is 0.433 e. The van der Waals surface area contributed by atoms with Crippen LogP contribution in [-0.4, -0.2) is 24.6 Å². The van der Waals surface area contributed by atoms with Crippen LogP contribution in [0.1, 0.15) is 11.4 Å². The average molecular weight is 411 g/mol. The summed E-state index contributed by atoms with van der Waals surface area (Å²) in [6.45, 7) is 1.52. The Labute approximate surface area is 165 Å². The van der Waals surface area contributed by atoms with E-state index >= 15 is 0 Å². The first-order valence-electron chi connectivity index (χ1n) is 8.84. The molecular formula is C20H12F3N5O2. The topological polar surface area (TPSA) is 89.1 Å². The Kier molecular flexibility index (Phi) is 3.79. The summed E-state index contributed by atoms with van der Waals surface area (Å²) >= 11 is 0. The minimum absolute atomic E-state index is 0.0416. The molecule has 0 spiro atoms. The SMILES string of the molecule is Cc1nc2c(-c3ccccc3)c(C(F)(F)F)[nH]n2c(=O)c1-c1nc2ncccc2o1. The molecule has 0 aliphatic heterocycles. The summed E-state index contributed by atoms with van der Waals surface area (Å²) in [7, 11) is 0. The predicted octanol–water partition coefficient (Wildman–Crippen LogP) is 4.22. The first-order valence-corrected chi connectivity index (χ1v) is 8.84. The molecule has 30 heavy (non-hydrogen) atoms. The van der Waals surface area contributed by atoms with E-state index in [4.69, 9.17) is 4.42 Å². The number of benzene rings is 1. The Morgan fingerprint density at radius 2 is 1.80 bits per heavy atom. The molecule has 10 heteroatoms. The molecule has 0 aliphatic carbocycles. The minimum atomic E-state index is -4.72. The van der Waals surface area contributed by atoms with Crippen molar-refractivity contribution in [3.05, 3.63) is 70.4 Å². The molecule has 0 radical (unpaired) electrons. The van der Waals surface area contributed by atoms with Crippen molar-refractivity contribution in [2.24, 2.45) is 0 Å². The molecule has 0 amide bonds. The van der Waals surface area contributed by atoms with Crippen molar-refractivity contribution in [2.75, 3.05) is 0 Å². The second-order valence-corrected chi connectivity index (χ2v) is 6.61. The van der Waals surface area contributed by atoms with Gasteiger partial charge in [0.2, 0.25) is 5.89 Å². The van der Waals surface area contributed by atoms with Crippen LogP contribution < -0.4 is 5.56 Å². The standard InChI is InChI=1S/C20H12F3N5O2/c1-10-13(18-26-16-12(30-18)8-5-9-24-16)19(29)28-17(25-10)14(11-6-3-2-4-7-11)15(27-28)20(21,22)23/h2-9,27H,1H3. The van der Waals surface area contributed by atoms with E-state index in [1.165, 1.54) is 25.3 Å². The molecule has 7 nitrogen and oxygen atoms in total. The zero-order valence-corrected chi connectivity index (χ0v) is 15.4. The molecule has 150 valence electrons. The van der Waals surface area contributed by atoms with Gasteiger partial charge >= 0.3 is 6.18 Å². The van der Waals surface area contributed by atoms with Gasteiger partial charge in [-0.1, -0.05) is 30.3 Å². The van der Waals surface area contributed by atoms with Gasteiger partial charge in [0.1, 0.15) is 11.3 Å². The molecule has 0 saturated heterocycles. The van der Waals surface area contributed by atoms with Gasteiger partial charge in [0.25, 0.3) is 5.56 Å². The van der Waals surface area contributed by atoms with Gasteiger partial charge in [0.15, 0.2) is 16.9 Å². The van der Waals surface area contributed by atoms with Crippen LogP contribution in [0.2, 0.25) is 0 Å². The monoisotopic (exact) mass is 411 g/mol. The van der Waals surface area contributed by atoms with E-state index < -0.39 is 17.4 Å². The van der Waals surface area contributed by atoms with Crippen molar-refractivity contribution >= 4 is 16.9 Å². The highest BCUT2D eigenvalue weighted by molar-refractivity contribution is 5.81. The number of oxazole rings is 1. The summed E-state index contributed by atoms with van der Waals surface area (Å²) in [4.78, 5) is 25.7. The largest absolute Gasteiger partial charge is 0.434 e. The zero-order valence-electron chi connectivity index (χ0n) is 15.4. The molecule has 0 bridgehead atoms. The molecule has 0 fully saturated rings. The second-order valence-electron chi connectivity index (χ2n) is 6.61. The van der Waals surface area contributed by atoms with Crippen molar-refractivity contribution in [3.63, 3.8) is 0 Å². The molecule has 1 N–H and O–H groups in total. The molecule has 0 atom stereocenters. The van der Waals surface area contributed by atoms with Crippen LogP contribution in [0.5, 0.6) is 0 Å². The zero-order chi connectivity index (χ0) is 21.0. The van der Waals surface area contributed by atoms with E-state index in [2.05, 4.69) is 20.1 Å². The Morgan fingerprint density at radius 3 is 2.50 bits per heavy atom. The Bertz CT molecular complexity index is 1430. The van der Waals surface area contributed by atoms with E-state index in [0.717, 1.165) is 4.52 Å². The lowest BCUT2D eigenvalue weighted by molar-refractivity contribution is -0.140. The molecule has 5 aromatic rings.